The van der Waals surface area contributed by atoms with Crippen molar-refractivity contribution >= 4 is 15.9 Å². The Hall–Kier alpha value is -0.520. The van der Waals surface area contributed by atoms with E-state index in [0.29, 0.717) is 18.2 Å². The van der Waals surface area contributed by atoms with Gasteiger partial charge in [0.25, 0.3) is 0 Å². The molecule has 0 atom stereocenters. The summed E-state index contributed by atoms with van der Waals surface area (Å²) in [7, 11) is 0. The first kappa shape index (κ1) is 12.9. The zero-order valence-corrected chi connectivity index (χ0v) is 10.9. The molecule has 2 nitrogen and oxygen atoms in total. The van der Waals surface area contributed by atoms with Crippen molar-refractivity contribution in [1.29, 1.82) is 0 Å². The van der Waals surface area contributed by atoms with Gasteiger partial charge >= 0.3 is 0 Å². The molecule has 1 heterocycles. The number of hydrogen-bond acceptors (Lipinski definition) is 2. The van der Waals surface area contributed by atoms with Gasteiger partial charge in [0, 0.05) is 31.4 Å². The Balaban J connectivity index is 2.00. The van der Waals surface area contributed by atoms with Crippen LogP contribution in [-0.2, 0) is 11.3 Å². The minimum absolute atomic E-state index is 0.206. The summed E-state index contributed by atoms with van der Waals surface area (Å²) in [6.45, 7) is 1.78. The third kappa shape index (κ3) is 3.24. The molecule has 2 rings (SSSR count). The molecule has 5 heteroatoms. The molecule has 1 aromatic rings. The monoisotopic (exact) mass is 305 g/mol. The molecule has 1 N–H and O–H groups in total. The van der Waals surface area contributed by atoms with Gasteiger partial charge in [0.1, 0.15) is 11.6 Å². The van der Waals surface area contributed by atoms with Crippen molar-refractivity contribution in [3.8, 4) is 0 Å². The fourth-order valence-electron chi connectivity index (χ4n) is 1.88. The van der Waals surface area contributed by atoms with Gasteiger partial charge in [-0.25, -0.2) is 8.78 Å². The van der Waals surface area contributed by atoms with E-state index in [1.165, 1.54) is 0 Å². The number of halogens is 3. The lowest BCUT2D eigenvalue weighted by Gasteiger charge is -2.23. The average Bonchev–Trinajstić information content (AvgIpc) is 2.35. The standard InChI is InChI=1S/C12H14BrF2NO/c13-12-9(10(14)1-2-11(12)15)7-16-8-3-5-17-6-4-8/h1-2,8,16H,3-7H2. The lowest BCUT2D eigenvalue weighted by atomic mass is 10.1. The first-order valence-corrected chi connectivity index (χ1v) is 6.41. The summed E-state index contributed by atoms with van der Waals surface area (Å²) in [5.41, 5.74) is 0.344. The number of hydrogen-bond donors (Lipinski definition) is 1. The van der Waals surface area contributed by atoms with E-state index in [-0.39, 0.29) is 4.47 Å². The maximum atomic E-state index is 13.5. The predicted molar refractivity (Wildman–Crippen MR) is 64.7 cm³/mol. The highest BCUT2D eigenvalue weighted by Crippen LogP contribution is 2.23. The predicted octanol–water partition coefficient (Wildman–Crippen LogP) is 3.00. The molecule has 1 aromatic carbocycles. The average molecular weight is 306 g/mol. The minimum Gasteiger partial charge on any atom is -0.381 e. The second-order valence-electron chi connectivity index (χ2n) is 4.09. The normalized spacial score (nSPS) is 17.4. The second kappa shape index (κ2) is 5.89. The van der Waals surface area contributed by atoms with Gasteiger partial charge in [-0.15, -0.1) is 0 Å². The molecule has 0 amide bonds. The molecule has 1 saturated heterocycles. The number of nitrogens with one attached hydrogen (secondary N) is 1. The van der Waals surface area contributed by atoms with E-state index in [9.17, 15) is 8.78 Å². The van der Waals surface area contributed by atoms with Crippen molar-refractivity contribution < 1.29 is 13.5 Å². The summed E-state index contributed by atoms with van der Waals surface area (Å²) in [6, 6.07) is 2.59. The van der Waals surface area contributed by atoms with E-state index in [1.54, 1.807) is 0 Å². The molecule has 0 unspecified atom stereocenters. The van der Waals surface area contributed by atoms with Crippen molar-refractivity contribution in [2.24, 2.45) is 0 Å². The van der Waals surface area contributed by atoms with E-state index in [2.05, 4.69) is 21.2 Å². The number of benzene rings is 1. The van der Waals surface area contributed by atoms with E-state index in [0.717, 1.165) is 38.2 Å². The van der Waals surface area contributed by atoms with Crippen molar-refractivity contribution in [2.75, 3.05) is 13.2 Å². The van der Waals surface area contributed by atoms with Crippen LogP contribution in [0.3, 0.4) is 0 Å². The summed E-state index contributed by atoms with van der Waals surface area (Å²) >= 11 is 3.08. The SMILES string of the molecule is Fc1ccc(F)c(CNC2CCOCC2)c1Br. The fraction of sp³-hybridized carbons (Fsp3) is 0.500. The topological polar surface area (TPSA) is 21.3 Å². The molecule has 1 aliphatic heterocycles. The van der Waals surface area contributed by atoms with Crippen molar-refractivity contribution in [3.63, 3.8) is 0 Å². The van der Waals surface area contributed by atoms with Crippen LogP contribution in [0.1, 0.15) is 18.4 Å². The fourth-order valence-corrected chi connectivity index (χ4v) is 2.34. The van der Waals surface area contributed by atoms with Gasteiger partial charge in [-0.1, -0.05) is 0 Å². The Morgan fingerprint density at radius 2 is 1.88 bits per heavy atom. The van der Waals surface area contributed by atoms with Crippen LogP contribution in [0, 0.1) is 11.6 Å². The van der Waals surface area contributed by atoms with Gasteiger partial charge < -0.3 is 10.1 Å². The van der Waals surface area contributed by atoms with Gasteiger partial charge in [0.2, 0.25) is 0 Å². The first-order chi connectivity index (χ1) is 8.18. The zero-order valence-electron chi connectivity index (χ0n) is 9.31. The molecule has 17 heavy (non-hydrogen) atoms. The van der Waals surface area contributed by atoms with Gasteiger partial charge in [-0.2, -0.15) is 0 Å². The quantitative estimate of drug-likeness (QED) is 0.867. The molecule has 0 aromatic heterocycles. The third-order valence-electron chi connectivity index (χ3n) is 2.93. The summed E-state index contributed by atoms with van der Waals surface area (Å²) in [5, 5.41) is 3.23. The summed E-state index contributed by atoms with van der Waals surface area (Å²) in [6.07, 6.45) is 1.82. The molecule has 0 bridgehead atoms. The lowest BCUT2D eigenvalue weighted by Crippen LogP contribution is -2.34. The summed E-state index contributed by atoms with van der Waals surface area (Å²) in [4.78, 5) is 0. The second-order valence-corrected chi connectivity index (χ2v) is 4.88. The highest BCUT2D eigenvalue weighted by molar-refractivity contribution is 9.10. The number of rotatable bonds is 3. The maximum Gasteiger partial charge on any atom is 0.137 e. The Morgan fingerprint density at radius 1 is 1.24 bits per heavy atom. The van der Waals surface area contributed by atoms with Gasteiger partial charge in [-0.3, -0.25) is 0 Å². The zero-order chi connectivity index (χ0) is 12.3. The molecule has 94 valence electrons. The van der Waals surface area contributed by atoms with Crippen LogP contribution in [0.4, 0.5) is 8.78 Å². The van der Waals surface area contributed by atoms with Crippen molar-refractivity contribution in [1.82, 2.24) is 5.32 Å². The van der Waals surface area contributed by atoms with E-state index < -0.39 is 11.6 Å². The molecule has 0 aliphatic carbocycles. The van der Waals surface area contributed by atoms with Crippen LogP contribution in [0.2, 0.25) is 0 Å². The molecule has 1 aliphatic rings. The Morgan fingerprint density at radius 3 is 2.59 bits per heavy atom. The summed E-state index contributed by atoms with van der Waals surface area (Å²) < 4.78 is 32.2. The van der Waals surface area contributed by atoms with Gasteiger partial charge in [0.15, 0.2) is 0 Å². The molecular formula is C12H14BrF2NO. The lowest BCUT2D eigenvalue weighted by molar-refractivity contribution is 0.0775. The minimum atomic E-state index is -0.435. The highest BCUT2D eigenvalue weighted by atomic mass is 79.9. The van der Waals surface area contributed by atoms with Crippen LogP contribution in [0.5, 0.6) is 0 Å². The summed E-state index contributed by atoms with van der Waals surface area (Å²) in [5.74, 6) is -0.826. The smallest absolute Gasteiger partial charge is 0.137 e. The molecule has 0 spiro atoms. The Bertz CT molecular complexity index is 394. The van der Waals surface area contributed by atoms with Crippen LogP contribution in [-0.4, -0.2) is 19.3 Å². The highest BCUT2D eigenvalue weighted by Gasteiger charge is 2.16. The van der Waals surface area contributed by atoms with Crippen LogP contribution in [0.15, 0.2) is 16.6 Å². The molecule has 0 saturated carbocycles. The maximum absolute atomic E-state index is 13.5. The number of ether oxygens (including phenoxy) is 1. The van der Waals surface area contributed by atoms with E-state index >= 15 is 0 Å². The van der Waals surface area contributed by atoms with Gasteiger partial charge in [0.05, 0.1) is 4.47 Å². The van der Waals surface area contributed by atoms with Crippen molar-refractivity contribution in [2.45, 2.75) is 25.4 Å². The molecule has 1 fully saturated rings. The molecular weight excluding hydrogens is 292 g/mol. The van der Waals surface area contributed by atoms with Crippen LogP contribution < -0.4 is 5.32 Å². The Kier molecular flexibility index (Phi) is 4.48. The largest absolute Gasteiger partial charge is 0.381 e. The van der Waals surface area contributed by atoms with Crippen molar-refractivity contribution in [3.05, 3.63) is 33.8 Å². The third-order valence-corrected chi connectivity index (χ3v) is 3.79. The first-order valence-electron chi connectivity index (χ1n) is 5.62. The van der Waals surface area contributed by atoms with Crippen LogP contribution in [0.25, 0.3) is 0 Å². The van der Waals surface area contributed by atoms with Gasteiger partial charge in [-0.05, 0) is 40.9 Å². The van der Waals surface area contributed by atoms with E-state index in [1.807, 2.05) is 0 Å². The molecule has 0 radical (unpaired) electrons. The Labute approximate surface area is 107 Å². The van der Waals surface area contributed by atoms with Crippen LogP contribution >= 0.6 is 15.9 Å². The van der Waals surface area contributed by atoms with E-state index in [4.69, 9.17) is 4.74 Å².